The van der Waals surface area contributed by atoms with Crippen LogP contribution in [0.15, 0.2) is 40.7 Å². The van der Waals surface area contributed by atoms with E-state index in [2.05, 4.69) is 15.3 Å². The maximum Gasteiger partial charge on any atom is 0.323 e. The SMILES string of the molecule is CN(C)CCN(Cc1ccc(C(=O)Cc2cscc2N)nc1)C(=O)Nc1nccs1. The molecule has 0 unspecified atom stereocenters. The van der Waals surface area contributed by atoms with Gasteiger partial charge in [-0.1, -0.05) is 6.07 Å². The second-order valence-electron chi connectivity index (χ2n) is 7.00. The van der Waals surface area contributed by atoms with Crippen molar-refractivity contribution in [2.24, 2.45) is 0 Å². The summed E-state index contributed by atoms with van der Waals surface area (Å²) in [6.45, 7) is 1.64. The lowest BCUT2D eigenvalue weighted by molar-refractivity contribution is 0.0988. The van der Waals surface area contributed by atoms with Gasteiger partial charge in [0.25, 0.3) is 0 Å². The van der Waals surface area contributed by atoms with Crippen LogP contribution in [0.3, 0.4) is 0 Å². The number of hydrogen-bond donors (Lipinski definition) is 2. The van der Waals surface area contributed by atoms with Crippen LogP contribution in [0, 0.1) is 0 Å². The smallest absolute Gasteiger partial charge is 0.323 e. The zero-order valence-electron chi connectivity index (χ0n) is 16.9. The maximum absolute atomic E-state index is 12.7. The van der Waals surface area contributed by atoms with Crippen molar-refractivity contribution in [3.8, 4) is 0 Å². The number of pyridine rings is 1. The van der Waals surface area contributed by atoms with E-state index in [0.29, 0.717) is 29.6 Å². The van der Waals surface area contributed by atoms with Crippen LogP contribution in [0.25, 0.3) is 0 Å². The third-order valence-corrected chi connectivity index (χ3v) is 5.86. The zero-order valence-corrected chi connectivity index (χ0v) is 18.5. The molecule has 0 saturated carbocycles. The summed E-state index contributed by atoms with van der Waals surface area (Å²) in [5.41, 5.74) is 8.54. The maximum atomic E-state index is 12.7. The number of nitrogen functional groups attached to an aromatic ring is 1. The molecule has 0 spiro atoms. The van der Waals surface area contributed by atoms with Gasteiger partial charge in [0.05, 0.1) is 0 Å². The molecule has 2 amide bonds. The Morgan fingerprint density at radius 2 is 2.00 bits per heavy atom. The Kier molecular flexibility index (Phi) is 7.50. The standard InChI is InChI=1S/C20H24N6O2S2/c1-25(2)6-7-26(20(28)24-19-22-5-8-30-19)11-14-3-4-17(23-10-14)18(27)9-15-12-29-13-16(15)21/h3-5,8,10,12-13H,6-7,9,11,21H2,1-2H3,(H,22,24,28). The normalized spacial score (nSPS) is 10.9. The average molecular weight is 445 g/mol. The molecule has 0 aliphatic rings. The molecular weight excluding hydrogens is 420 g/mol. The summed E-state index contributed by atoms with van der Waals surface area (Å²) in [5.74, 6) is -0.0855. The van der Waals surface area contributed by atoms with Gasteiger partial charge in [-0.15, -0.1) is 22.7 Å². The highest BCUT2D eigenvalue weighted by atomic mass is 32.1. The summed E-state index contributed by atoms with van der Waals surface area (Å²) >= 11 is 2.84. The summed E-state index contributed by atoms with van der Waals surface area (Å²) < 4.78 is 0. The number of nitrogens with zero attached hydrogens (tertiary/aromatic N) is 4. The number of carbonyl (C=O) groups is 2. The second kappa shape index (κ2) is 10.3. The van der Waals surface area contributed by atoms with Crippen molar-refractivity contribution in [2.75, 3.05) is 38.2 Å². The highest BCUT2D eigenvalue weighted by Crippen LogP contribution is 2.19. The molecule has 3 N–H and O–H groups in total. The van der Waals surface area contributed by atoms with Crippen molar-refractivity contribution in [1.29, 1.82) is 0 Å². The summed E-state index contributed by atoms with van der Waals surface area (Å²) in [6.07, 6.45) is 3.52. The number of urea groups is 1. The van der Waals surface area contributed by atoms with Gasteiger partial charge in [0, 0.05) is 54.9 Å². The number of likely N-dealkylation sites (N-methyl/N-ethyl adjacent to an activating group) is 1. The lowest BCUT2D eigenvalue weighted by atomic mass is 10.1. The fraction of sp³-hybridized carbons (Fsp3) is 0.300. The van der Waals surface area contributed by atoms with Crippen LogP contribution < -0.4 is 11.1 Å². The molecule has 3 aromatic heterocycles. The molecule has 158 valence electrons. The van der Waals surface area contributed by atoms with Gasteiger partial charge in [0.15, 0.2) is 10.9 Å². The van der Waals surface area contributed by atoms with Gasteiger partial charge in [-0.3, -0.25) is 15.1 Å². The van der Waals surface area contributed by atoms with E-state index in [0.717, 1.165) is 17.7 Å². The predicted octanol–water partition coefficient (Wildman–Crippen LogP) is 3.20. The van der Waals surface area contributed by atoms with Crippen molar-refractivity contribution in [1.82, 2.24) is 19.8 Å². The Morgan fingerprint density at radius 1 is 1.17 bits per heavy atom. The number of anilines is 2. The van der Waals surface area contributed by atoms with Crippen molar-refractivity contribution < 1.29 is 9.59 Å². The van der Waals surface area contributed by atoms with E-state index in [4.69, 9.17) is 5.73 Å². The molecule has 0 aliphatic carbocycles. The molecule has 0 atom stereocenters. The van der Waals surface area contributed by atoms with E-state index in [9.17, 15) is 9.59 Å². The van der Waals surface area contributed by atoms with Crippen LogP contribution in [0.4, 0.5) is 15.6 Å². The minimum absolute atomic E-state index is 0.0855. The van der Waals surface area contributed by atoms with Gasteiger partial charge in [0.1, 0.15) is 5.69 Å². The molecule has 0 saturated heterocycles. The second-order valence-corrected chi connectivity index (χ2v) is 8.63. The fourth-order valence-electron chi connectivity index (χ4n) is 2.67. The van der Waals surface area contributed by atoms with Crippen molar-refractivity contribution in [3.05, 3.63) is 57.5 Å². The van der Waals surface area contributed by atoms with E-state index in [1.54, 1.807) is 23.4 Å². The predicted molar refractivity (Wildman–Crippen MR) is 121 cm³/mol. The van der Waals surface area contributed by atoms with Crippen LogP contribution in [-0.4, -0.2) is 58.8 Å². The molecule has 0 aromatic carbocycles. The number of ketones is 1. The molecule has 3 heterocycles. The number of nitrogens with one attached hydrogen (secondary N) is 1. The van der Waals surface area contributed by atoms with Crippen LogP contribution >= 0.6 is 22.7 Å². The zero-order chi connectivity index (χ0) is 21.5. The molecule has 8 nitrogen and oxygen atoms in total. The van der Waals surface area contributed by atoms with E-state index in [1.165, 1.54) is 22.7 Å². The Bertz CT molecular complexity index is 970. The monoisotopic (exact) mass is 444 g/mol. The van der Waals surface area contributed by atoms with Crippen LogP contribution in [0.2, 0.25) is 0 Å². The summed E-state index contributed by atoms with van der Waals surface area (Å²) in [7, 11) is 3.91. The van der Waals surface area contributed by atoms with Gasteiger partial charge in [-0.25, -0.2) is 9.78 Å². The largest absolute Gasteiger partial charge is 0.398 e. The van der Waals surface area contributed by atoms with Crippen molar-refractivity contribution >= 4 is 45.3 Å². The first kappa shape index (κ1) is 21.9. The molecule has 3 rings (SSSR count). The number of rotatable bonds is 9. The summed E-state index contributed by atoms with van der Waals surface area (Å²) in [5, 5.41) is 8.88. The third-order valence-electron chi connectivity index (χ3n) is 4.36. The Labute approximate surface area is 183 Å². The van der Waals surface area contributed by atoms with Crippen molar-refractivity contribution in [2.45, 2.75) is 13.0 Å². The number of aromatic nitrogens is 2. The quantitative estimate of drug-likeness (QED) is 0.491. The number of nitrogens with two attached hydrogens (primary N) is 1. The first-order chi connectivity index (χ1) is 14.4. The van der Waals surface area contributed by atoms with E-state index in [1.807, 2.05) is 41.2 Å². The molecule has 0 radical (unpaired) electrons. The summed E-state index contributed by atoms with van der Waals surface area (Å²) in [6, 6.07) is 3.31. The van der Waals surface area contributed by atoms with Gasteiger partial charge in [0.2, 0.25) is 0 Å². The van der Waals surface area contributed by atoms with E-state index in [-0.39, 0.29) is 18.2 Å². The van der Waals surface area contributed by atoms with E-state index < -0.39 is 0 Å². The number of carbonyl (C=O) groups excluding carboxylic acids is 2. The van der Waals surface area contributed by atoms with Crippen LogP contribution in [-0.2, 0) is 13.0 Å². The Hall–Kier alpha value is -2.82. The number of Topliss-reactive ketones (excluding diaryl/α,β-unsaturated/α-hetero) is 1. The van der Waals surface area contributed by atoms with Crippen LogP contribution in [0.1, 0.15) is 21.6 Å². The first-order valence-corrected chi connectivity index (χ1v) is 11.1. The molecule has 10 heteroatoms. The Balaban J connectivity index is 1.65. The van der Waals surface area contributed by atoms with Gasteiger partial charge < -0.3 is 15.5 Å². The first-order valence-electron chi connectivity index (χ1n) is 9.31. The van der Waals surface area contributed by atoms with Gasteiger partial charge in [-0.2, -0.15) is 0 Å². The van der Waals surface area contributed by atoms with E-state index >= 15 is 0 Å². The van der Waals surface area contributed by atoms with Gasteiger partial charge in [-0.05, 0) is 36.7 Å². The molecule has 30 heavy (non-hydrogen) atoms. The average Bonchev–Trinajstić information content (AvgIpc) is 3.37. The molecule has 0 bridgehead atoms. The summed E-state index contributed by atoms with van der Waals surface area (Å²) in [4.78, 5) is 37.3. The minimum Gasteiger partial charge on any atom is -0.398 e. The lowest BCUT2D eigenvalue weighted by Crippen LogP contribution is -2.39. The molecule has 0 aliphatic heterocycles. The number of amides is 2. The highest BCUT2D eigenvalue weighted by molar-refractivity contribution is 7.13. The number of thiazole rings is 1. The number of hydrogen-bond acceptors (Lipinski definition) is 8. The van der Waals surface area contributed by atoms with Gasteiger partial charge >= 0.3 is 6.03 Å². The van der Waals surface area contributed by atoms with Crippen LogP contribution in [0.5, 0.6) is 0 Å². The Morgan fingerprint density at radius 3 is 2.60 bits per heavy atom. The third kappa shape index (κ3) is 6.09. The fourth-order valence-corrected chi connectivity index (χ4v) is 3.94. The number of thiophene rings is 1. The molecule has 3 aromatic rings. The lowest BCUT2D eigenvalue weighted by Gasteiger charge is -2.24. The minimum atomic E-state index is -0.222. The highest BCUT2D eigenvalue weighted by Gasteiger charge is 2.17. The van der Waals surface area contributed by atoms with Crippen molar-refractivity contribution in [3.63, 3.8) is 0 Å². The molecule has 0 fully saturated rings. The molecular formula is C20H24N6O2S2. The topological polar surface area (TPSA) is 104 Å².